The van der Waals surface area contributed by atoms with Gasteiger partial charge in [0.25, 0.3) is 5.91 Å². The van der Waals surface area contributed by atoms with E-state index >= 15 is 0 Å². The normalized spacial score (nSPS) is 15.9. The Morgan fingerprint density at radius 3 is 2.95 bits per heavy atom. The third-order valence-corrected chi connectivity index (χ3v) is 3.36. The number of halogens is 1. The van der Waals surface area contributed by atoms with E-state index in [1.54, 1.807) is 18.2 Å². The molecule has 1 aliphatic rings. The second-order valence-electron chi connectivity index (χ2n) is 4.69. The van der Waals surface area contributed by atoms with Crippen molar-refractivity contribution >= 4 is 17.5 Å². The fourth-order valence-corrected chi connectivity index (χ4v) is 2.06. The van der Waals surface area contributed by atoms with Crippen molar-refractivity contribution in [3.8, 4) is 5.75 Å². The molecular weight excluding hydrogens is 266 g/mol. The Morgan fingerprint density at radius 2 is 2.32 bits per heavy atom. The number of benzene rings is 1. The fourth-order valence-electron chi connectivity index (χ4n) is 1.90. The van der Waals surface area contributed by atoms with E-state index in [0.717, 1.165) is 12.8 Å². The van der Waals surface area contributed by atoms with Crippen molar-refractivity contribution < 1.29 is 14.6 Å². The summed E-state index contributed by atoms with van der Waals surface area (Å²) in [5.74, 6) is 0.560. The smallest absolute Gasteiger partial charge is 0.255 e. The Balaban J connectivity index is 2.00. The van der Waals surface area contributed by atoms with Crippen LogP contribution in [0, 0.1) is 5.92 Å². The summed E-state index contributed by atoms with van der Waals surface area (Å²) in [6.45, 7) is 2.59. The summed E-state index contributed by atoms with van der Waals surface area (Å²) in [6, 6.07) is 4.90. The average molecular weight is 284 g/mol. The van der Waals surface area contributed by atoms with Gasteiger partial charge in [-0.05, 0) is 43.9 Å². The van der Waals surface area contributed by atoms with Crippen molar-refractivity contribution in [1.29, 1.82) is 0 Å². The van der Waals surface area contributed by atoms with Crippen LogP contribution in [0.2, 0.25) is 5.02 Å². The van der Waals surface area contributed by atoms with E-state index in [1.807, 2.05) is 6.92 Å². The monoisotopic (exact) mass is 283 g/mol. The van der Waals surface area contributed by atoms with Gasteiger partial charge in [-0.2, -0.15) is 0 Å². The topological polar surface area (TPSA) is 58.6 Å². The average Bonchev–Trinajstić information content (AvgIpc) is 3.20. The van der Waals surface area contributed by atoms with Crippen LogP contribution in [0.3, 0.4) is 0 Å². The summed E-state index contributed by atoms with van der Waals surface area (Å²) in [7, 11) is 0. The van der Waals surface area contributed by atoms with Crippen LogP contribution in [0.15, 0.2) is 18.2 Å². The van der Waals surface area contributed by atoms with Gasteiger partial charge in [0, 0.05) is 11.6 Å². The Labute approximate surface area is 117 Å². The van der Waals surface area contributed by atoms with E-state index in [0.29, 0.717) is 28.9 Å². The molecule has 0 saturated heterocycles. The predicted octanol–water partition coefficient (Wildman–Crippen LogP) is 2.24. The van der Waals surface area contributed by atoms with Gasteiger partial charge in [-0.3, -0.25) is 4.79 Å². The lowest BCUT2D eigenvalue weighted by molar-refractivity contribution is 0.0897. The van der Waals surface area contributed by atoms with E-state index in [9.17, 15) is 9.90 Å². The first-order valence-corrected chi connectivity index (χ1v) is 6.88. The SMILES string of the molecule is CCOc1cc(Cl)ccc1C(=O)NC[C@@H](O)C1CC1. The zero-order valence-corrected chi connectivity index (χ0v) is 11.6. The van der Waals surface area contributed by atoms with Crippen molar-refractivity contribution in [3.05, 3.63) is 28.8 Å². The van der Waals surface area contributed by atoms with Crippen LogP contribution in [0.1, 0.15) is 30.1 Å². The number of carbonyl (C=O) groups excluding carboxylic acids is 1. The largest absolute Gasteiger partial charge is 0.493 e. The molecule has 0 aliphatic heterocycles. The molecule has 19 heavy (non-hydrogen) atoms. The molecule has 1 amide bonds. The van der Waals surface area contributed by atoms with Crippen molar-refractivity contribution in [1.82, 2.24) is 5.32 Å². The van der Waals surface area contributed by atoms with Gasteiger partial charge in [0.15, 0.2) is 0 Å². The number of aliphatic hydroxyl groups excluding tert-OH is 1. The van der Waals surface area contributed by atoms with Gasteiger partial charge in [0.05, 0.1) is 18.3 Å². The maximum atomic E-state index is 12.1. The predicted molar refractivity (Wildman–Crippen MR) is 73.7 cm³/mol. The minimum atomic E-state index is -0.452. The molecule has 5 heteroatoms. The third kappa shape index (κ3) is 3.85. The molecule has 0 aromatic heterocycles. The molecule has 0 heterocycles. The lowest BCUT2D eigenvalue weighted by atomic mass is 10.1. The molecule has 1 saturated carbocycles. The van der Waals surface area contributed by atoms with Crippen LogP contribution in [-0.2, 0) is 0 Å². The van der Waals surface area contributed by atoms with Gasteiger partial charge in [-0.1, -0.05) is 11.6 Å². The quantitative estimate of drug-likeness (QED) is 0.842. The molecule has 0 unspecified atom stereocenters. The van der Waals surface area contributed by atoms with Crippen molar-refractivity contribution in [2.75, 3.05) is 13.2 Å². The van der Waals surface area contributed by atoms with Crippen LogP contribution in [0.25, 0.3) is 0 Å². The Kier molecular flexibility index (Phi) is 4.66. The molecule has 1 aromatic rings. The maximum Gasteiger partial charge on any atom is 0.255 e. The van der Waals surface area contributed by atoms with E-state index < -0.39 is 6.10 Å². The van der Waals surface area contributed by atoms with Crippen LogP contribution >= 0.6 is 11.6 Å². The summed E-state index contributed by atoms with van der Waals surface area (Å²) in [4.78, 5) is 12.1. The molecule has 1 aliphatic carbocycles. The minimum Gasteiger partial charge on any atom is -0.493 e. The molecule has 2 N–H and O–H groups in total. The Hall–Kier alpha value is -1.26. The maximum absolute atomic E-state index is 12.1. The van der Waals surface area contributed by atoms with Crippen LogP contribution in [-0.4, -0.2) is 30.3 Å². The summed E-state index contributed by atoms with van der Waals surface area (Å²) < 4.78 is 5.40. The summed E-state index contributed by atoms with van der Waals surface area (Å²) in [6.07, 6.45) is 1.64. The number of amides is 1. The van der Waals surface area contributed by atoms with E-state index in [-0.39, 0.29) is 12.5 Å². The standard InChI is InChI=1S/C14H18ClNO3/c1-2-19-13-7-10(15)5-6-11(13)14(18)16-8-12(17)9-3-4-9/h5-7,9,12,17H,2-4,8H2,1H3,(H,16,18)/t12-/m1/s1. The van der Waals surface area contributed by atoms with Crippen molar-refractivity contribution in [3.63, 3.8) is 0 Å². The van der Waals surface area contributed by atoms with Crippen molar-refractivity contribution in [2.24, 2.45) is 5.92 Å². The van der Waals surface area contributed by atoms with E-state index in [1.165, 1.54) is 0 Å². The van der Waals surface area contributed by atoms with Gasteiger partial charge in [-0.25, -0.2) is 0 Å². The third-order valence-electron chi connectivity index (χ3n) is 3.13. The van der Waals surface area contributed by atoms with Gasteiger partial charge in [-0.15, -0.1) is 0 Å². The molecule has 0 radical (unpaired) electrons. The lowest BCUT2D eigenvalue weighted by Gasteiger charge is -2.13. The first-order chi connectivity index (χ1) is 9.11. The highest BCUT2D eigenvalue weighted by Crippen LogP contribution is 2.32. The molecule has 0 bridgehead atoms. The number of rotatable bonds is 6. The van der Waals surface area contributed by atoms with Crippen LogP contribution in [0.4, 0.5) is 0 Å². The van der Waals surface area contributed by atoms with Crippen molar-refractivity contribution in [2.45, 2.75) is 25.9 Å². The number of nitrogens with one attached hydrogen (secondary N) is 1. The highest BCUT2D eigenvalue weighted by Gasteiger charge is 2.29. The van der Waals surface area contributed by atoms with E-state index in [2.05, 4.69) is 5.32 Å². The lowest BCUT2D eigenvalue weighted by Crippen LogP contribution is -2.33. The fraction of sp³-hybridized carbons (Fsp3) is 0.500. The second-order valence-corrected chi connectivity index (χ2v) is 5.12. The zero-order valence-electron chi connectivity index (χ0n) is 10.9. The summed E-state index contributed by atoms with van der Waals surface area (Å²) >= 11 is 5.88. The molecule has 1 atom stereocenters. The van der Waals surface area contributed by atoms with Crippen LogP contribution in [0.5, 0.6) is 5.75 Å². The molecule has 2 rings (SSSR count). The van der Waals surface area contributed by atoms with Gasteiger partial charge >= 0.3 is 0 Å². The number of carbonyl (C=O) groups is 1. The Morgan fingerprint density at radius 1 is 1.58 bits per heavy atom. The molecule has 1 aromatic carbocycles. The second kappa shape index (κ2) is 6.26. The summed E-state index contributed by atoms with van der Waals surface area (Å²) in [5.41, 5.74) is 0.439. The zero-order chi connectivity index (χ0) is 13.8. The van der Waals surface area contributed by atoms with Crippen LogP contribution < -0.4 is 10.1 Å². The first kappa shape index (κ1) is 14.2. The molecular formula is C14H18ClNO3. The highest BCUT2D eigenvalue weighted by atomic mass is 35.5. The molecule has 0 spiro atoms. The van der Waals surface area contributed by atoms with E-state index in [4.69, 9.17) is 16.3 Å². The summed E-state index contributed by atoms with van der Waals surface area (Å²) in [5, 5.41) is 13.0. The molecule has 104 valence electrons. The number of hydrogen-bond acceptors (Lipinski definition) is 3. The van der Waals surface area contributed by atoms with Gasteiger partial charge < -0.3 is 15.2 Å². The highest BCUT2D eigenvalue weighted by molar-refractivity contribution is 6.30. The van der Waals surface area contributed by atoms with Gasteiger partial charge in [0.1, 0.15) is 5.75 Å². The Bertz CT molecular complexity index is 460. The first-order valence-electron chi connectivity index (χ1n) is 6.50. The number of hydrogen-bond donors (Lipinski definition) is 2. The molecule has 1 fully saturated rings. The number of aliphatic hydroxyl groups is 1. The number of ether oxygens (including phenoxy) is 1. The minimum absolute atomic E-state index is 0.250. The molecule has 4 nitrogen and oxygen atoms in total. The van der Waals surface area contributed by atoms with Gasteiger partial charge in [0.2, 0.25) is 0 Å².